The predicted octanol–water partition coefficient (Wildman–Crippen LogP) is 3.99. The molecule has 2 N–H and O–H groups in total. The SMILES string of the molecule is CC(C)CN1CCC2(C=C(C(=O)NC3CC3)c3ccccc32)CC1.O=C(O)C(F)(F)F. The Kier molecular flexibility index (Phi) is 6.79. The maximum Gasteiger partial charge on any atom is 0.490 e. The second-order valence-corrected chi connectivity index (χ2v) is 9.00. The maximum absolute atomic E-state index is 12.7. The molecule has 5 nitrogen and oxygen atoms in total. The summed E-state index contributed by atoms with van der Waals surface area (Å²) in [5.74, 6) is -1.91. The quantitative estimate of drug-likeness (QED) is 0.746. The summed E-state index contributed by atoms with van der Waals surface area (Å²) in [6.07, 6.45) is 1.72. The molecular formula is C23H29F3N2O3. The van der Waals surface area contributed by atoms with Crippen LogP contribution in [-0.2, 0) is 15.0 Å². The number of carbonyl (C=O) groups excluding carboxylic acids is 1. The molecule has 3 aliphatic rings. The number of benzene rings is 1. The fourth-order valence-electron chi connectivity index (χ4n) is 4.33. The van der Waals surface area contributed by atoms with E-state index in [0.717, 1.165) is 49.9 Å². The van der Waals surface area contributed by atoms with E-state index in [9.17, 15) is 18.0 Å². The van der Waals surface area contributed by atoms with Gasteiger partial charge in [0.15, 0.2) is 0 Å². The van der Waals surface area contributed by atoms with Gasteiger partial charge in [0, 0.05) is 23.6 Å². The van der Waals surface area contributed by atoms with Gasteiger partial charge >= 0.3 is 12.1 Å². The summed E-state index contributed by atoms with van der Waals surface area (Å²) in [5, 5.41) is 10.3. The summed E-state index contributed by atoms with van der Waals surface area (Å²) in [7, 11) is 0. The highest BCUT2D eigenvalue weighted by Gasteiger charge is 2.42. The largest absolute Gasteiger partial charge is 0.490 e. The number of carboxylic acid groups (broad SMARTS) is 1. The van der Waals surface area contributed by atoms with Crippen molar-refractivity contribution in [2.24, 2.45) is 5.92 Å². The van der Waals surface area contributed by atoms with E-state index in [2.05, 4.69) is 54.4 Å². The van der Waals surface area contributed by atoms with Crippen LogP contribution in [0.3, 0.4) is 0 Å². The van der Waals surface area contributed by atoms with Gasteiger partial charge in [0.25, 0.3) is 5.91 Å². The summed E-state index contributed by atoms with van der Waals surface area (Å²) in [5.41, 5.74) is 3.51. The van der Waals surface area contributed by atoms with E-state index in [4.69, 9.17) is 9.90 Å². The van der Waals surface area contributed by atoms with Gasteiger partial charge in [-0.1, -0.05) is 44.2 Å². The van der Waals surface area contributed by atoms with Crippen molar-refractivity contribution >= 4 is 17.4 Å². The molecule has 0 atom stereocenters. The first-order chi connectivity index (χ1) is 14.5. The number of hydrogen-bond acceptors (Lipinski definition) is 3. The van der Waals surface area contributed by atoms with E-state index in [1.807, 2.05) is 0 Å². The Balaban J connectivity index is 0.000000339. The molecule has 4 rings (SSSR count). The Morgan fingerprint density at radius 1 is 1.19 bits per heavy atom. The number of rotatable bonds is 4. The van der Waals surface area contributed by atoms with Gasteiger partial charge in [0.2, 0.25) is 0 Å². The Bertz CT molecular complexity index is 852. The molecule has 2 fully saturated rings. The van der Waals surface area contributed by atoms with Crippen molar-refractivity contribution in [2.75, 3.05) is 19.6 Å². The van der Waals surface area contributed by atoms with Crippen LogP contribution in [0.5, 0.6) is 0 Å². The minimum Gasteiger partial charge on any atom is -0.475 e. The van der Waals surface area contributed by atoms with Crippen LogP contribution >= 0.6 is 0 Å². The second kappa shape index (κ2) is 9.02. The number of halogens is 3. The summed E-state index contributed by atoms with van der Waals surface area (Å²) >= 11 is 0. The van der Waals surface area contributed by atoms with Crippen molar-refractivity contribution in [3.05, 3.63) is 41.5 Å². The molecule has 0 unspecified atom stereocenters. The topological polar surface area (TPSA) is 69.6 Å². The molecule has 1 aromatic rings. The fourth-order valence-corrected chi connectivity index (χ4v) is 4.33. The zero-order valence-corrected chi connectivity index (χ0v) is 17.8. The third-order valence-electron chi connectivity index (χ3n) is 5.95. The number of likely N-dealkylation sites (tertiary alicyclic amines) is 1. The van der Waals surface area contributed by atoms with Gasteiger partial charge in [0.1, 0.15) is 0 Å². The average molecular weight is 438 g/mol. The number of nitrogens with zero attached hydrogens (tertiary/aromatic N) is 1. The van der Waals surface area contributed by atoms with Crippen molar-refractivity contribution in [1.29, 1.82) is 0 Å². The molecule has 1 aromatic carbocycles. The lowest BCUT2D eigenvalue weighted by Gasteiger charge is -2.39. The lowest BCUT2D eigenvalue weighted by Crippen LogP contribution is -2.42. The van der Waals surface area contributed by atoms with E-state index in [1.165, 1.54) is 12.1 Å². The third kappa shape index (κ3) is 5.67. The van der Waals surface area contributed by atoms with Crippen LogP contribution in [0.15, 0.2) is 30.3 Å². The molecule has 0 bridgehead atoms. The van der Waals surface area contributed by atoms with Crippen LogP contribution in [-0.4, -0.2) is 53.7 Å². The third-order valence-corrected chi connectivity index (χ3v) is 5.95. The van der Waals surface area contributed by atoms with Crippen LogP contribution in [0.2, 0.25) is 0 Å². The molecule has 170 valence electrons. The van der Waals surface area contributed by atoms with Gasteiger partial charge < -0.3 is 15.3 Å². The number of carbonyl (C=O) groups is 2. The monoisotopic (exact) mass is 438 g/mol. The number of aliphatic carboxylic acids is 1. The molecule has 1 spiro atoms. The highest BCUT2D eigenvalue weighted by atomic mass is 19.4. The van der Waals surface area contributed by atoms with Gasteiger partial charge in [0.05, 0.1) is 0 Å². The van der Waals surface area contributed by atoms with Gasteiger partial charge in [-0.2, -0.15) is 13.2 Å². The van der Waals surface area contributed by atoms with Crippen LogP contribution in [0, 0.1) is 5.92 Å². The molecule has 1 heterocycles. The second-order valence-electron chi connectivity index (χ2n) is 9.00. The van der Waals surface area contributed by atoms with Crippen molar-refractivity contribution < 1.29 is 27.9 Å². The average Bonchev–Trinajstić information content (AvgIpc) is 3.45. The Morgan fingerprint density at radius 3 is 2.29 bits per heavy atom. The number of nitrogens with one attached hydrogen (secondary N) is 1. The Hall–Kier alpha value is -2.35. The van der Waals surface area contributed by atoms with E-state index in [-0.39, 0.29) is 11.3 Å². The molecule has 1 amide bonds. The molecule has 0 radical (unpaired) electrons. The highest BCUT2D eigenvalue weighted by Crippen LogP contribution is 2.47. The smallest absolute Gasteiger partial charge is 0.475 e. The molecule has 8 heteroatoms. The number of amides is 1. The van der Waals surface area contributed by atoms with E-state index in [1.54, 1.807) is 0 Å². The van der Waals surface area contributed by atoms with E-state index in [0.29, 0.717) is 12.0 Å². The first-order valence-electron chi connectivity index (χ1n) is 10.7. The Morgan fingerprint density at radius 2 is 1.77 bits per heavy atom. The van der Waals surface area contributed by atoms with Gasteiger partial charge in [-0.15, -0.1) is 0 Å². The standard InChI is InChI=1S/C21H28N2O.C2HF3O2/c1-15(2)14-23-11-9-21(10-12-23)13-18(20(24)22-16-7-8-16)17-5-3-4-6-19(17)21;3-2(4,5)1(6)7/h3-6,13,15-16H,7-12,14H2,1-2H3,(H,22,24);(H,6,7). The van der Waals surface area contributed by atoms with Crippen molar-refractivity contribution in [2.45, 2.75) is 57.2 Å². The Labute approximate surface area is 180 Å². The lowest BCUT2D eigenvalue weighted by atomic mass is 9.74. The van der Waals surface area contributed by atoms with Crippen molar-refractivity contribution in [3.8, 4) is 0 Å². The normalized spacial score (nSPS) is 20.0. The van der Waals surface area contributed by atoms with E-state index < -0.39 is 12.1 Å². The van der Waals surface area contributed by atoms with E-state index >= 15 is 0 Å². The minimum absolute atomic E-state index is 0.0697. The van der Waals surface area contributed by atoms with Crippen LogP contribution in [0.4, 0.5) is 13.2 Å². The van der Waals surface area contributed by atoms with Gasteiger partial charge in [-0.3, -0.25) is 4.79 Å². The molecular weight excluding hydrogens is 409 g/mol. The zero-order valence-electron chi connectivity index (χ0n) is 17.8. The number of hydrogen-bond donors (Lipinski definition) is 2. The number of alkyl halides is 3. The minimum atomic E-state index is -5.08. The molecule has 2 aliphatic carbocycles. The summed E-state index contributed by atoms with van der Waals surface area (Å²) in [6, 6.07) is 8.96. The lowest BCUT2D eigenvalue weighted by molar-refractivity contribution is -0.192. The van der Waals surface area contributed by atoms with Gasteiger partial charge in [-0.25, -0.2) is 4.79 Å². The number of allylic oxidation sites excluding steroid dienone is 1. The van der Waals surface area contributed by atoms with Crippen LogP contribution < -0.4 is 5.32 Å². The fraction of sp³-hybridized carbons (Fsp3) is 0.565. The molecule has 31 heavy (non-hydrogen) atoms. The highest BCUT2D eigenvalue weighted by molar-refractivity contribution is 6.21. The number of carboxylic acids is 1. The van der Waals surface area contributed by atoms with Crippen LogP contribution in [0.25, 0.3) is 5.57 Å². The number of fused-ring (bicyclic) bond motifs is 2. The first kappa shape index (κ1) is 23.3. The molecule has 1 saturated carbocycles. The predicted molar refractivity (Wildman–Crippen MR) is 111 cm³/mol. The van der Waals surface area contributed by atoms with Crippen molar-refractivity contribution in [1.82, 2.24) is 10.2 Å². The van der Waals surface area contributed by atoms with Gasteiger partial charge in [-0.05, 0) is 55.8 Å². The molecule has 0 aromatic heterocycles. The molecule has 1 aliphatic heterocycles. The maximum atomic E-state index is 12.7. The van der Waals surface area contributed by atoms with Crippen molar-refractivity contribution in [3.63, 3.8) is 0 Å². The summed E-state index contributed by atoms with van der Waals surface area (Å²) in [6.45, 7) is 8.00. The number of piperidine rings is 1. The summed E-state index contributed by atoms with van der Waals surface area (Å²) in [4.78, 5) is 24.2. The summed E-state index contributed by atoms with van der Waals surface area (Å²) < 4.78 is 31.7. The first-order valence-corrected chi connectivity index (χ1v) is 10.7. The zero-order chi connectivity index (χ0) is 22.8. The van der Waals surface area contributed by atoms with Crippen LogP contribution in [0.1, 0.15) is 50.7 Å². The molecule has 1 saturated heterocycles.